The second-order valence-electron chi connectivity index (χ2n) is 7.05. The van der Waals surface area contributed by atoms with E-state index in [2.05, 4.69) is 44.2 Å². The molecule has 0 bridgehead atoms. The van der Waals surface area contributed by atoms with Gasteiger partial charge in [-0.05, 0) is 35.9 Å². The molecule has 140 valence electrons. The molecule has 1 aliphatic heterocycles. The molecule has 6 heteroatoms. The average molecular weight is 371 g/mol. The highest BCUT2D eigenvalue weighted by molar-refractivity contribution is 5.37. The van der Waals surface area contributed by atoms with Crippen molar-refractivity contribution in [3.8, 4) is 11.4 Å². The molecule has 2 aromatic heterocycles. The first kappa shape index (κ1) is 16.8. The van der Waals surface area contributed by atoms with E-state index in [1.165, 1.54) is 5.69 Å². The molecule has 0 spiro atoms. The van der Waals surface area contributed by atoms with Gasteiger partial charge in [0.2, 0.25) is 0 Å². The van der Waals surface area contributed by atoms with Crippen LogP contribution in [0.3, 0.4) is 0 Å². The Bertz CT molecular complexity index is 1090. The Labute approximate surface area is 163 Å². The first-order chi connectivity index (χ1) is 13.8. The molecule has 0 amide bonds. The van der Waals surface area contributed by atoms with Crippen LogP contribution in [0.25, 0.3) is 5.69 Å². The molecule has 1 atom stereocenters. The van der Waals surface area contributed by atoms with Crippen molar-refractivity contribution in [3.63, 3.8) is 0 Å². The van der Waals surface area contributed by atoms with Crippen LogP contribution in [0.15, 0.2) is 73.2 Å². The number of para-hydroxylation sites is 1. The lowest BCUT2D eigenvalue weighted by molar-refractivity contribution is 0.196. The van der Waals surface area contributed by atoms with E-state index in [-0.39, 0.29) is 11.8 Å². The van der Waals surface area contributed by atoms with E-state index in [1.807, 2.05) is 41.2 Å². The molecular formula is C22H21N5O. The molecule has 0 aliphatic carbocycles. The molecule has 0 radical (unpaired) electrons. The number of hydrogen-bond donors (Lipinski definition) is 2. The molecule has 3 heterocycles. The fraction of sp³-hybridized carbons (Fsp3) is 0.182. The molecule has 0 saturated carbocycles. The number of benzene rings is 2. The number of aromatic nitrogens is 4. The maximum Gasteiger partial charge on any atom is 0.115 e. The molecule has 0 saturated heterocycles. The first-order valence-electron chi connectivity index (χ1n) is 9.43. The lowest BCUT2D eigenvalue weighted by atomic mass is 9.95. The number of phenols is 1. The van der Waals surface area contributed by atoms with Gasteiger partial charge in [0.1, 0.15) is 5.75 Å². The topological polar surface area (TPSA) is 70.0 Å². The van der Waals surface area contributed by atoms with E-state index in [0.717, 1.165) is 42.1 Å². The molecule has 1 aliphatic rings. The molecule has 1 unspecified atom stereocenters. The van der Waals surface area contributed by atoms with Crippen molar-refractivity contribution in [2.75, 3.05) is 6.54 Å². The summed E-state index contributed by atoms with van der Waals surface area (Å²) in [5, 5.41) is 14.5. The van der Waals surface area contributed by atoms with Gasteiger partial charge >= 0.3 is 0 Å². The van der Waals surface area contributed by atoms with Gasteiger partial charge in [-0.25, -0.2) is 9.67 Å². The third kappa shape index (κ3) is 2.97. The van der Waals surface area contributed by atoms with Gasteiger partial charge in [0.25, 0.3) is 0 Å². The minimum atomic E-state index is -0.0128. The largest absolute Gasteiger partial charge is 0.508 e. The number of aromatic hydroxyl groups is 1. The number of nitrogens with zero attached hydrogens (tertiary/aromatic N) is 4. The SMILES string of the molecule is Oc1cccc(C2c3nc[nH]c3CCN2Cc2ccnn2-c2ccccc2)c1. The van der Waals surface area contributed by atoms with Crippen molar-refractivity contribution < 1.29 is 5.11 Å². The number of imidazole rings is 1. The third-order valence-electron chi connectivity index (χ3n) is 5.30. The quantitative estimate of drug-likeness (QED) is 0.576. The van der Waals surface area contributed by atoms with Crippen LogP contribution in [0.1, 0.15) is 28.7 Å². The maximum atomic E-state index is 10.0. The van der Waals surface area contributed by atoms with E-state index < -0.39 is 0 Å². The predicted molar refractivity (Wildman–Crippen MR) is 106 cm³/mol. The number of nitrogens with one attached hydrogen (secondary N) is 1. The number of phenolic OH excluding ortho intramolecular Hbond substituents is 1. The maximum absolute atomic E-state index is 10.0. The summed E-state index contributed by atoms with van der Waals surface area (Å²) in [4.78, 5) is 10.3. The second kappa shape index (κ2) is 6.98. The van der Waals surface area contributed by atoms with Crippen LogP contribution < -0.4 is 0 Å². The van der Waals surface area contributed by atoms with Crippen LogP contribution >= 0.6 is 0 Å². The zero-order chi connectivity index (χ0) is 18.9. The smallest absolute Gasteiger partial charge is 0.115 e. The van der Waals surface area contributed by atoms with Crippen LogP contribution in [0.4, 0.5) is 0 Å². The van der Waals surface area contributed by atoms with Gasteiger partial charge in [-0.3, -0.25) is 4.90 Å². The highest BCUT2D eigenvalue weighted by atomic mass is 16.3. The van der Waals surface area contributed by atoms with Crippen LogP contribution in [-0.2, 0) is 13.0 Å². The van der Waals surface area contributed by atoms with E-state index in [0.29, 0.717) is 0 Å². The summed E-state index contributed by atoms with van der Waals surface area (Å²) in [6.07, 6.45) is 4.53. The van der Waals surface area contributed by atoms with Gasteiger partial charge in [0, 0.05) is 31.4 Å². The van der Waals surface area contributed by atoms with Crippen molar-refractivity contribution >= 4 is 0 Å². The van der Waals surface area contributed by atoms with Crippen LogP contribution in [0.5, 0.6) is 5.75 Å². The summed E-state index contributed by atoms with van der Waals surface area (Å²) < 4.78 is 1.99. The Morgan fingerprint density at radius 3 is 2.82 bits per heavy atom. The standard InChI is InChI=1S/C22H21N5O/c28-19-8-4-5-16(13-19)22-21-20(23-15-24-21)10-12-26(22)14-18-9-11-25-27(18)17-6-2-1-3-7-17/h1-9,11,13,15,22,28H,10,12,14H2,(H,23,24). The average Bonchev–Trinajstić information content (AvgIpc) is 3.38. The third-order valence-corrected chi connectivity index (χ3v) is 5.30. The van der Waals surface area contributed by atoms with Crippen LogP contribution in [0.2, 0.25) is 0 Å². The van der Waals surface area contributed by atoms with E-state index >= 15 is 0 Å². The van der Waals surface area contributed by atoms with Gasteiger partial charge in [-0.2, -0.15) is 5.10 Å². The summed E-state index contributed by atoms with van der Waals surface area (Å²) >= 11 is 0. The summed E-state index contributed by atoms with van der Waals surface area (Å²) in [7, 11) is 0. The van der Waals surface area contributed by atoms with Gasteiger partial charge < -0.3 is 10.1 Å². The number of rotatable bonds is 4. The monoisotopic (exact) mass is 371 g/mol. The molecule has 0 fully saturated rings. The molecule has 6 nitrogen and oxygen atoms in total. The van der Waals surface area contributed by atoms with Crippen molar-refractivity contribution in [2.45, 2.75) is 19.0 Å². The van der Waals surface area contributed by atoms with Crippen molar-refractivity contribution in [2.24, 2.45) is 0 Å². The highest BCUT2D eigenvalue weighted by Crippen LogP contribution is 2.35. The highest BCUT2D eigenvalue weighted by Gasteiger charge is 2.31. The molecule has 5 rings (SSSR count). The van der Waals surface area contributed by atoms with Crippen molar-refractivity contribution in [1.82, 2.24) is 24.6 Å². The summed E-state index contributed by atoms with van der Waals surface area (Å²) in [6.45, 7) is 1.64. The molecule has 28 heavy (non-hydrogen) atoms. The Morgan fingerprint density at radius 2 is 1.96 bits per heavy atom. The fourth-order valence-corrected chi connectivity index (χ4v) is 4.02. The lowest BCUT2D eigenvalue weighted by Crippen LogP contribution is -2.36. The Morgan fingerprint density at radius 1 is 1.07 bits per heavy atom. The predicted octanol–water partition coefficient (Wildman–Crippen LogP) is 3.45. The van der Waals surface area contributed by atoms with Crippen molar-refractivity contribution in [1.29, 1.82) is 0 Å². The molecule has 4 aromatic rings. The van der Waals surface area contributed by atoms with E-state index in [4.69, 9.17) is 0 Å². The first-order valence-corrected chi connectivity index (χ1v) is 9.43. The minimum absolute atomic E-state index is 0.0128. The van der Waals surface area contributed by atoms with Gasteiger partial charge in [0.15, 0.2) is 0 Å². The number of hydrogen-bond acceptors (Lipinski definition) is 4. The molecule has 2 aromatic carbocycles. The Kier molecular flexibility index (Phi) is 4.18. The van der Waals surface area contributed by atoms with Crippen molar-refractivity contribution in [3.05, 3.63) is 95.8 Å². The van der Waals surface area contributed by atoms with Gasteiger partial charge in [0.05, 0.1) is 29.4 Å². The Balaban J connectivity index is 1.52. The zero-order valence-electron chi connectivity index (χ0n) is 15.4. The normalized spacial score (nSPS) is 16.8. The molecule has 2 N–H and O–H groups in total. The van der Waals surface area contributed by atoms with Crippen LogP contribution in [0, 0.1) is 0 Å². The number of aromatic amines is 1. The number of fused-ring (bicyclic) bond motifs is 1. The lowest BCUT2D eigenvalue weighted by Gasteiger charge is -2.35. The Hall–Kier alpha value is -3.38. The van der Waals surface area contributed by atoms with E-state index in [9.17, 15) is 5.11 Å². The minimum Gasteiger partial charge on any atom is -0.508 e. The van der Waals surface area contributed by atoms with Gasteiger partial charge in [-0.1, -0.05) is 30.3 Å². The fourth-order valence-electron chi connectivity index (χ4n) is 4.02. The summed E-state index contributed by atoms with van der Waals surface area (Å²) in [5.41, 5.74) is 5.41. The number of H-pyrrole nitrogens is 1. The van der Waals surface area contributed by atoms with E-state index in [1.54, 1.807) is 12.4 Å². The second-order valence-corrected chi connectivity index (χ2v) is 7.05. The molecular weight excluding hydrogens is 350 g/mol. The van der Waals surface area contributed by atoms with Crippen LogP contribution in [-0.4, -0.2) is 36.3 Å². The van der Waals surface area contributed by atoms with Gasteiger partial charge in [-0.15, -0.1) is 0 Å². The zero-order valence-corrected chi connectivity index (χ0v) is 15.4. The summed E-state index contributed by atoms with van der Waals surface area (Å²) in [5.74, 6) is 0.273. The summed E-state index contributed by atoms with van der Waals surface area (Å²) in [6, 6.07) is 19.7.